The lowest BCUT2D eigenvalue weighted by Gasteiger charge is -2.09. The Kier molecular flexibility index (Phi) is 6.37. The summed E-state index contributed by atoms with van der Waals surface area (Å²) >= 11 is 4.90. The van der Waals surface area contributed by atoms with Crippen LogP contribution in [0, 0.1) is 6.92 Å². The molecule has 0 saturated carbocycles. The second-order valence-electron chi connectivity index (χ2n) is 8.04. The molecule has 8 nitrogen and oxygen atoms in total. The number of ether oxygens (including phenoxy) is 3. The zero-order valence-corrected chi connectivity index (χ0v) is 21.5. The quantitative estimate of drug-likeness (QED) is 0.299. The first-order valence-corrected chi connectivity index (χ1v) is 12.6. The maximum Gasteiger partial charge on any atom is 0.292 e. The number of benzene rings is 1. The second kappa shape index (κ2) is 9.44. The minimum Gasteiger partial charge on any atom is -0.454 e. The van der Waals surface area contributed by atoms with Crippen LogP contribution in [0.2, 0.25) is 0 Å². The Morgan fingerprint density at radius 2 is 2.06 bits per heavy atom. The van der Waals surface area contributed by atoms with Crippen LogP contribution in [0.5, 0.6) is 11.5 Å². The third kappa shape index (κ3) is 4.10. The molecular formula is C24H23BrN4O4S. The van der Waals surface area contributed by atoms with Crippen LogP contribution < -0.4 is 15.0 Å². The van der Waals surface area contributed by atoms with Gasteiger partial charge in [0.1, 0.15) is 15.4 Å². The van der Waals surface area contributed by atoms with Gasteiger partial charge in [-0.05, 0) is 53.0 Å². The monoisotopic (exact) mass is 542 g/mol. The number of aryl methyl sites for hydroxylation is 2. The van der Waals surface area contributed by atoms with Gasteiger partial charge in [0.05, 0.1) is 18.3 Å². The van der Waals surface area contributed by atoms with Gasteiger partial charge in [0.2, 0.25) is 6.79 Å². The van der Waals surface area contributed by atoms with Crippen LogP contribution in [0.15, 0.2) is 32.6 Å². The first-order chi connectivity index (χ1) is 16.5. The number of rotatable bonds is 7. The van der Waals surface area contributed by atoms with Crippen molar-refractivity contribution in [2.24, 2.45) is 5.10 Å². The molecule has 0 fully saturated rings. The number of pyridine rings is 1. The zero-order chi connectivity index (χ0) is 23.8. The summed E-state index contributed by atoms with van der Waals surface area (Å²) in [7, 11) is 1.66. The van der Waals surface area contributed by atoms with E-state index in [0.717, 1.165) is 44.4 Å². The van der Waals surface area contributed by atoms with E-state index in [9.17, 15) is 4.79 Å². The van der Waals surface area contributed by atoms with Crippen molar-refractivity contribution in [3.63, 3.8) is 0 Å². The fraction of sp³-hybridized carbons (Fsp3) is 0.333. The van der Waals surface area contributed by atoms with Gasteiger partial charge < -0.3 is 14.2 Å². The summed E-state index contributed by atoms with van der Waals surface area (Å²) in [6, 6.07) is 5.66. The van der Waals surface area contributed by atoms with E-state index in [1.807, 2.05) is 25.1 Å². The van der Waals surface area contributed by atoms with Crippen LogP contribution in [0.25, 0.3) is 20.4 Å². The molecule has 0 aliphatic carbocycles. The Morgan fingerprint density at radius 3 is 2.82 bits per heavy atom. The molecular weight excluding hydrogens is 520 g/mol. The number of methoxy groups -OCH3 is 1. The number of unbranched alkanes of at least 4 members (excludes halogenated alkanes) is 1. The predicted octanol–water partition coefficient (Wildman–Crippen LogP) is 5.18. The maximum atomic E-state index is 13.6. The molecule has 0 bridgehead atoms. The van der Waals surface area contributed by atoms with Crippen molar-refractivity contribution in [2.45, 2.75) is 39.7 Å². The summed E-state index contributed by atoms with van der Waals surface area (Å²) in [5.41, 5.74) is 3.10. The highest BCUT2D eigenvalue weighted by Gasteiger charge is 2.20. The smallest absolute Gasteiger partial charge is 0.292 e. The van der Waals surface area contributed by atoms with Gasteiger partial charge in [-0.25, -0.2) is 9.97 Å². The van der Waals surface area contributed by atoms with Gasteiger partial charge in [0.15, 0.2) is 11.5 Å². The van der Waals surface area contributed by atoms with Crippen molar-refractivity contribution >= 4 is 53.9 Å². The number of nitrogens with zero attached hydrogens (tertiary/aromatic N) is 4. The first kappa shape index (κ1) is 22.9. The van der Waals surface area contributed by atoms with E-state index in [-0.39, 0.29) is 12.4 Å². The number of thiophene rings is 1. The molecule has 0 amide bonds. The molecule has 3 aromatic heterocycles. The van der Waals surface area contributed by atoms with Crippen LogP contribution in [0.3, 0.4) is 0 Å². The van der Waals surface area contributed by atoms with Gasteiger partial charge in [0.25, 0.3) is 5.56 Å². The molecule has 1 aromatic carbocycles. The van der Waals surface area contributed by atoms with E-state index in [1.54, 1.807) is 13.3 Å². The second-order valence-corrected chi connectivity index (χ2v) is 9.89. The fourth-order valence-electron chi connectivity index (χ4n) is 3.97. The number of hydrogen-bond donors (Lipinski definition) is 0. The molecule has 0 N–H and O–H groups in total. The number of fused-ring (bicyclic) bond motifs is 4. The van der Waals surface area contributed by atoms with Crippen molar-refractivity contribution in [3.05, 3.63) is 55.7 Å². The molecule has 10 heteroatoms. The van der Waals surface area contributed by atoms with E-state index < -0.39 is 0 Å². The number of hydrogen-bond acceptors (Lipinski definition) is 8. The van der Waals surface area contributed by atoms with Gasteiger partial charge in [0, 0.05) is 34.6 Å². The first-order valence-electron chi connectivity index (χ1n) is 11.0. The minimum absolute atomic E-state index is 0.189. The Morgan fingerprint density at radius 1 is 1.26 bits per heavy atom. The minimum atomic E-state index is -0.201. The molecule has 1 aliphatic rings. The van der Waals surface area contributed by atoms with Crippen LogP contribution >= 0.6 is 27.3 Å². The average Bonchev–Trinajstić information content (AvgIpc) is 3.41. The summed E-state index contributed by atoms with van der Waals surface area (Å²) in [6.45, 7) is 4.66. The maximum absolute atomic E-state index is 13.6. The van der Waals surface area contributed by atoms with Gasteiger partial charge in [-0.1, -0.05) is 13.3 Å². The van der Waals surface area contributed by atoms with Crippen molar-refractivity contribution in [3.8, 4) is 11.5 Å². The third-order valence-corrected chi connectivity index (χ3v) is 7.32. The van der Waals surface area contributed by atoms with Gasteiger partial charge in [-0.2, -0.15) is 9.78 Å². The standard InChI is InChI=1S/C24H23BrN4O4S/c1-4-5-6-19-28-21-20-15(11-31-3)7-13(2)27-23(20)34-22(21)24(30)29(19)26-10-14-8-17-18(9-16(14)25)33-12-32-17/h7-10H,4-6,11-12H2,1-3H3/b26-10+. The third-order valence-electron chi connectivity index (χ3n) is 5.58. The molecule has 5 rings (SSSR count). The lowest BCUT2D eigenvalue weighted by Crippen LogP contribution is -2.21. The van der Waals surface area contributed by atoms with Gasteiger partial charge >= 0.3 is 0 Å². The molecule has 34 heavy (non-hydrogen) atoms. The lowest BCUT2D eigenvalue weighted by molar-refractivity contribution is 0.174. The largest absolute Gasteiger partial charge is 0.454 e. The SMILES string of the molecule is CCCCc1nc2c(sc3nc(C)cc(COC)c32)c(=O)n1/N=C/c1cc2c(cc1Br)OCO2. The Labute approximate surface area is 208 Å². The van der Waals surface area contributed by atoms with E-state index in [4.69, 9.17) is 19.2 Å². The van der Waals surface area contributed by atoms with Crippen molar-refractivity contribution in [1.29, 1.82) is 0 Å². The van der Waals surface area contributed by atoms with E-state index in [0.29, 0.717) is 40.6 Å². The highest BCUT2D eigenvalue weighted by Crippen LogP contribution is 2.36. The molecule has 0 unspecified atom stereocenters. The zero-order valence-electron chi connectivity index (χ0n) is 19.1. The predicted molar refractivity (Wildman–Crippen MR) is 136 cm³/mol. The van der Waals surface area contributed by atoms with Crippen molar-refractivity contribution < 1.29 is 14.2 Å². The molecule has 176 valence electrons. The lowest BCUT2D eigenvalue weighted by atomic mass is 10.1. The summed E-state index contributed by atoms with van der Waals surface area (Å²) < 4.78 is 19.0. The number of aromatic nitrogens is 3. The van der Waals surface area contributed by atoms with Crippen molar-refractivity contribution in [1.82, 2.24) is 14.6 Å². The normalized spacial score (nSPS) is 13.1. The Balaban J connectivity index is 1.69. The molecule has 0 radical (unpaired) electrons. The van der Waals surface area contributed by atoms with Gasteiger partial charge in [-0.3, -0.25) is 4.79 Å². The molecule has 0 atom stereocenters. The van der Waals surface area contributed by atoms with Crippen LogP contribution in [0.4, 0.5) is 0 Å². The molecule has 1 aliphatic heterocycles. The molecule has 4 aromatic rings. The van der Waals surface area contributed by atoms with Crippen LogP contribution in [-0.4, -0.2) is 34.8 Å². The molecule has 4 heterocycles. The average molecular weight is 543 g/mol. The van der Waals surface area contributed by atoms with Crippen LogP contribution in [0.1, 0.15) is 42.4 Å². The van der Waals surface area contributed by atoms with Gasteiger partial charge in [-0.15, -0.1) is 11.3 Å². The molecule has 0 saturated heterocycles. The summed E-state index contributed by atoms with van der Waals surface area (Å²) in [4.78, 5) is 24.0. The van der Waals surface area contributed by atoms with Crippen LogP contribution in [-0.2, 0) is 17.8 Å². The Hall–Kier alpha value is -2.82. The highest BCUT2D eigenvalue weighted by molar-refractivity contribution is 9.10. The molecule has 0 spiro atoms. The summed E-state index contributed by atoms with van der Waals surface area (Å²) in [5, 5.41) is 5.45. The Bertz CT molecular complexity index is 1490. The highest BCUT2D eigenvalue weighted by atomic mass is 79.9. The van der Waals surface area contributed by atoms with E-state index >= 15 is 0 Å². The summed E-state index contributed by atoms with van der Waals surface area (Å²) in [5.74, 6) is 1.94. The van der Waals surface area contributed by atoms with E-state index in [1.165, 1.54) is 16.0 Å². The fourth-order valence-corrected chi connectivity index (χ4v) is 5.53. The summed E-state index contributed by atoms with van der Waals surface area (Å²) in [6.07, 6.45) is 4.15. The van der Waals surface area contributed by atoms with Crippen molar-refractivity contribution in [2.75, 3.05) is 13.9 Å². The number of halogens is 1. The topological polar surface area (TPSA) is 87.8 Å². The van der Waals surface area contributed by atoms with E-state index in [2.05, 4.69) is 32.9 Å².